The van der Waals surface area contributed by atoms with Crippen molar-refractivity contribution in [3.05, 3.63) is 29.1 Å². The molecule has 1 aromatic carbocycles. The Morgan fingerprint density at radius 1 is 1.19 bits per heavy atom. The Balaban J connectivity index is 2.13. The fraction of sp³-hybridized carbons (Fsp3) is 0.235. The van der Waals surface area contributed by atoms with Crippen molar-refractivity contribution in [3.63, 3.8) is 0 Å². The lowest BCUT2D eigenvalue weighted by molar-refractivity contribution is 0.0630. The highest BCUT2D eigenvalue weighted by Gasteiger charge is 2.10. The first-order chi connectivity index (χ1) is 12.7. The Morgan fingerprint density at radius 2 is 1.92 bits per heavy atom. The molecule has 0 saturated heterocycles. The van der Waals surface area contributed by atoms with Crippen LogP contribution in [-0.2, 0) is 20.9 Å². The zero-order valence-electron chi connectivity index (χ0n) is 13.5. The number of aryl methyl sites for hydroxylation is 1. The zero-order valence-corrected chi connectivity index (χ0v) is 15.2. The molecule has 0 aliphatic carbocycles. The van der Waals surface area contributed by atoms with Crippen molar-refractivity contribution < 1.29 is 23.9 Å². The summed E-state index contributed by atoms with van der Waals surface area (Å²) in [4.78, 5) is 28.1. The molecule has 0 atom stereocenters. The van der Waals surface area contributed by atoms with Gasteiger partial charge in [-0.3, -0.25) is 4.84 Å². The maximum Gasteiger partial charge on any atom is 0.536 e. The number of ether oxygens (including phenoxy) is 2. The van der Waals surface area contributed by atoms with E-state index in [0.717, 1.165) is 22.0 Å². The quantitative estimate of drug-likeness (QED) is 0.327. The average molecular weight is 390 g/mol. The molecule has 0 aliphatic heterocycles. The minimum absolute atomic E-state index is 0.0610. The van der Waals surface area contributed by atoms with Gasteiger partial charge in [-0.05, 0) is 29.1 Å². The Morgan fingerprint density at radius 3 is 2.69 bits per heavy atom. The molecule has 134 valence electrons. The normalized spacial score (nSPS) is 10.8. The molecule has 2 aromatic rings. The average Bonchev–Trinajstić information content (AvgIpc) is 3.00. The molecule has 1 aromatic heterocycles. The monoisotopic (exact) mass is 390 g/mol. The molecule has 0 bridgehead atoms. The van der Waals surface area contributed by atoms with Crippen LogP contribution >= 0.6 is 23.1 Å². The third kappa shape index (κ3) is 5.59. The van der Waals surface area contributed by atoms with Crippen molar-refractivity contribution in [3.8, 4) is 24.7 Å². The molecule has 0 aliphatic rings. The number of terminal acetylenes is 2. The molecule has 0 unspecified atom stereocenters. The Hall–Kier alpha value is -2.88. The largest absolute Gasteiger partial charge is 0.536 e. The van der Waals surface area contributed by atoms with E-state index in [0.29, 0.717) is 17.1 Å². The molecule has 0 saturated carbocycles. The van der Waals surface area contributed by atoms with E-state index in [4.69, 9.17) is 22.4 Å². The van der Waals surface area contributed by atoms with Crippen molar-refractivity contribution in [2.45, 2.75) is 6.54 Å². The molecule has 0 spiro atoms. The van der Waals surface area contributed by atoms with Gasteiger partial charge in [-0.2, -0.15) is 0 Å². The van der Waals surface area contributed by atoms with Crippen molar-refractivity contribution in [1.29, 1.82) is 0 Å². The van der Waals surface area contributed by atoms with Gasteiger partial charge in [-0.1, -0.05) is 35.3 Å². The number of carbonyl (C=O) groups is 2. The van der Waals surface area contributed by atoms with Crippen LogP contribution in [0.15, 0.2) is 29.4 Å². The van der Waals surface area contributed by atoms with Crippen LogP contribution in [0.4, 0.5) is 9.59 Å². The number of hydrogen-bond acceptors (Lipinski definition) is 8. The Kier molecular flexibility index (Phi) is 7.62. The van der Waals surface area contributed by atoms with E-state index in [1.807, 2.05) is 28.8 Å². The van der Waals surface area contributed by atoms with Crippen LogP contribution in [0, 0.1) is 24.7 Å². The highest BCUT2D eigenvalue weighted by atomic mass is 32.2. The second kappa shape index (κ2) is 10.2. The van der Waals surface area contributed by atoms with Crippen LogP contribution in [0.25, 0.3) is 10.2 Å². The first kappa shape index (κ1) is 19.4. The lowest BCUT2D eigenvalue weighted by Crippen LogP contribution is -2.18. The lowest BCUT2D eigenvalue weighted by atomic mass is 10.3. The molecule has 0 fully saturated rings. The van der Waals surface area contributed by atoms with E-state index in [1.54, 1.807) is 0 Å². The summed E-state index contributed by atoms with van der Waals surface area (Å²) in [6, 6.07) is 7.59. The van der Waals surface area contributed by atoms with Crippen LogP contribution in [0.5, 0.6) is 0 Å². The summed E-state index contributed by atoms with van der Waals surface area (Å²) in [6.45, 7) is 0.188. The van der Waals surface area contributed by atoms with E-state index in [1.165, 1.54) is 11.3 Å². The van der Waals surface area contributed by atoms with Crippen LogP contribution in [0.3, 0.4) is 0 Å². The second-order valence-electron chi connectivity index (χ2n) is 4.52. The second-order valence-corrected chi connectivity index (χ2v) is 6.56. The maximum atomic E-state index is 11.5. The van der Waals surface area contributed by atoms with Gasteiger partial charge in [0.15, 0.2) is 13.2 Å². The number of carbonyl (C=O) groups excluding carboxylic acids is 2. The summed E-state index contributed by atoms with van der Waals surface area (Å²) in [7, 11) is 0. The van der Waals surface area contributed by atoms with Crippen molar-refractivity contribution >= 4 is 44.8 Å². The molecule has 2 rings (SSSR count). The molecule has 26 heavy (non-hydrogen) atoms. The van der Waals surface area contributed by atoms with Crippen molar-refractivity contribution in [2.24, 2.45) is 5.16 Å². The minimum atomic E-state index is -0.987. The van der Waals surface area contributed by atoms with Gasteiger partial charge in [0.1, 0.15) is 0 Å². The number of thiazole rings is 1. The highest BCUT2D eigenvalue weighted by molar-refractivity contribution is 8.13. The molecule has 0 N–H and O–H groups in total. The molecule has 1 heterocycles. The SMILES string of the molecule is C#CCOC(=O)O/N=c1\sc2ccccc2n1CCSC(=O)OCC#C. The number of hydrogen-bond donors (Lipinski definition) is 0. The Bertz CT molecular complexity index is 933. The van der Waals surface area contributed by atoms with E-state index < -0.39 is 11.5 Å². The standard InChI is InChI=1S/C17H14N2O5S2/c1-3-10-22-16(20)24-18-15-19(9-12-25-17(21)23-11-4-2)13-7-5-6-8-14(13)26-15/h1-2,5-8H,9-12H2/b18-15-. The van der Waals surface area contributed by atoms with Crippen LogP contribution in [0.1, 0.15) is 0 Å². The van der Waals surface area contributed by atoms with E-state index in [-0.39, 0.29) is 13.2 Å². The predicted molar refractivity (Wildman–Crippen MR) is 99.3 cm³/mol. The molecular formula is C17H14N2O5S2. The summed E-state index contributed by atoms with van der Waals surface area (Å²) in [6.07, 6.45) is 9.05. The number of benzene rings is 1. The molecular weight excluding hydrogens is 376 g/mol. The first-order valence-corrected chi connectivity index (χ1v) is 9.08. The van der Waals surface area contributed by atoms with E-state index >= 15 is 0 Å². The zero-order chi connectivity index (χ0) is 18.8. The number of nitrogens with zero attached hydrogens (tertiary/aromatic N) is 2. The number of aromatic nitrogens is 1. The van der Waals surface area contributed by atoms with Gasteiger partial charge in [0.2, 0.25) is 4.80 Å². The van der Waals surface area contributed by atoms with Gasteiger partial charge in [-0.25, -0.2) is 9.59 Å². The summed E-state index contributed by atoms with van der Waals surface area (Å²) >= 11 is 2.33. The molecule has 7 nitrogen and oxygen atoms in total. The topological polar surface area (TPSA) is 79.1 Å². The summed E-state index contributed by atoms with van der Waals surface area (Å²) in [5.74, 6) is 4.82. The number of thioether (sulfide) groups is 1. The van der Waals surface area contributed by atoms with Crippen LogP contribution in [0.2, 0.25) is 0 Å². The fourth-order valence-corrected chi connectivity index (χ4v) is 3.46. The number of rotatable bonds is 6. The van der Waals surface area contributed by atoms with Gasteiger partial charge in [0.05, 0.1) is 10.2 Å². The van der Waals surface area contributed by atoms with E-state index in [2.05, 4.69) is 21.7 Å². The molecule has 0 radical (unpaired) electrons. The molecule has 0 amide bonds. The van der Waals surface area contributed by atoms with E-state index in [9.17, 15) is 9.59 Å². The maximum absolute atomic E-state index is 11.5. The van der Waals surface area contributed by atoms with Crippen LogP contribution in [-0.4, -0.2) is 35.0 Å². The Labute approximate surface area is 157 Å². The summed E-state index contributed by atoms with van der Waals surface area (Å²) in [5, 5.41) is 3.38. The molecule has 9 heteroatoms. The minimum Gasteiger partial charge on any atom is -0.444 e. The van der Waals surface area contributed by atoms with Gasteiger partial charge in [-0.15, -0.1) is 12.8 Å². The third-order valence-electron chi connectivity index (χ3n) is 2.87. The van der Waals surface area contributed by atoms with Crippen LogP contribution < -0.4 is 4.80 Å². The number of fused-ring (bicyclic) bond motifs is 1. The predicted octanol–water partition coefficient (Wildman–Crippen LogP) is 2.81. The lowest BCUT2D eigenvalue weighted by Gasteiger charge is -2.04. The van der Waals surface area contributed by atoms with Gasteiger partial charge in [0.25, 0.3) is 0 Å². The van der Waals surface area contributed by atoms with Crippen molar-refractivity contribution in [2.75, 3.05) is 19.0 Å². The number of para-hydroxylation sites is 1. The smallest absolute Gasteiger partial charge is 0.444 e. The van der Waals surface area contributed by atoms with Gasteiger partial charge < -0.3 is 14.0 Å². The van der Waals surface area contributed by atoms with Gasteiger partial charge in [0, 0.05) is 12.3 Å². The fourth-order valence-electron chi connectivity index (χ4n) is 1.87. The third-order valence-corrected chi connectivity index (χ3v) is 4.65. The van der Waals surface area contributed by atoms with Crippen molar-refractivity contribution in [1.82, 2.24) is 4.57 Å². The summed E-state index contributed by atoms with van der Waals surface area (Å²) < 4.78 is 12.2. The van der Waals surface area contributed by atoms with Gasteiger partial charge >= 0.3 is 11.5 Å². The summed E-state index contributed by atoms with van der Waals surface area (Å²) in [5.41, 5.74) is 0.898. The first-order valence-electron chi connectivity index (χ1n) is 7.28. The highest BCUT2D eigenvalue weighted by Crippen LogP contribution is 2.17.